The van der Waals surface area contributed by atoms with Gasteiger partial charge in [0, 0.05) is 12.5 Å². The minimum atomic E-state index is -0.300. The number of hydrogen-bond acceptors (Lipinski definition) is 3. The first-order valence-corrected chi connectivity index (χ1v) is 8.24. The van der Waals surface area contributed by atoms with Crippen LogP contribution in [0.15, 0.2) is 30.3 Å². The van der Waals surface area contributed by atoms with Crippen LogP contribution < -0.4 is 0 Å². The minimum Gasteiger partial charge on any atom is -0.445 e. The van der Waals surface area contributed by atoms with Gasteiger partial charge in [-0.3, -0.25) is 4.79 Å². The van der Waals surface area contributed by atoms with Crippen molar-refractivity contribution in [3.63, 3.8) is 0 Å². The van der Waals surface area contributed by atoms with Gasteiger partial charge in [-0.1, -0.05) is 46.3 Å². The molecule has 2 saturated heterocycles. The van der Waals surface area contributed by atoms with Crippen LogP contribution in [0.4, 0.5) is 4.79 Å². The van der Waals surface area contributed by atoms with E-state index < -0.39 is 0 Å². The Morgan fingerprint density at radius 2 is 2.05 bits per heavy atom. The van der Waals surface area contributed by atoms with Crippen molar-refractivity contribution in [1.29, 1.82) is 0 Å². The quantitative estimate of drug-likeness (QED) is 0.768. The van der Waals surface area contributed by atoms with Crippen molar-refractivity contribution in [2.75, 3.05) is 0 Å². The van der Waals surface area contributed by atoms with Gasteiger partial charge < -0.3 is 9.64 Å². The van der Waals surface area contributed by atoms with Crippen LogP contribution in [0.25, 0.3) is 0 Å². The summed E-state index contributed by atoms with van der Waals surface area (Å²) in [4.78, 5) is 25.9. The van der Waals surface area contributed by atoms with Gasteiger partial charge in [0.25, 0.3) is 0 Å². The lowest BCUT2D eigenvalue weighted by atomic mass is 9.84. The molecule has 0 aromatic heterocycles. The van der Waals surface area contributed by atoms with Crippen molar-refractivity contribution in [1.82, 2.24) is 4.90 Å². The van der Waals surface area contributed by atoms with Gasteiger partial charge in [-0.15, -0.1) is 0 Å². The van der Waals surface area contributed by atoms with E-state index in [9.17, 15) is 9.59 Å². The molecule has 3 rings (SSSR count). The van der Waals surface area contributed by atoms with Gasteiger partial charge in [-0.05, 0) is 24.8 Å². The Bertz CT molecular complexity index is 534. The summed E-state index contributed by atoms with van der Waals surface area (Å²) < 4.78 is 5.44. The largest absolute Gasteiger partial charge is 0.445 e. The second kappa shape index (κ2) is 6.18. The van der Waals surface area contributed by atoms with Gasteiger partial charge in [0.2, 0.25) is 0 Å². The van der Waals surface area contributed by atoms with Gasteiger partial charge in [0.05, 0.1) is 10.9 Å². The number of nitrogens with zero attached hydrogens (tertiary/aromatic N) is 1. The van der Waals surface area contributed by atoms with Crippen molar-refractivity contribution in [2.45, 2.75) is 49.2 Å². The third kappa shape index (κ3) is 2.98. The molecule has 4 nitrogen and oxygen atoms in total. The van der Waals surface area contributed by atoms with Gasteiger partial charge in [-0.2, -0.15) is 0 Å². The summed E-state index contributed by atoms with van der Waals surface area (Å²) in [5.74, 6) is 0.205. The molecule has 1 aromatic rings. The standard InChI is InChI=1S/C16H18BrNO3/c17-15-13-8-4-7-12(9-14(15)19)18(13)16(20)21-10-11-5-2-1-3-6-11/h1-3,5-6,12-13,15H,4,7-10H2. The topological polar surface area (TPSA) is 46.6 Å². The summed E-state index contributed by atoms with van der Waals surface area (Å²) in [6, 6.07) is 9.59. The van der Waals surface area contributed by atoms with E-state index in [1.165, 1.54) is 0 Å². The molecular weight excluding hydrogens is 334 g/mol. The molecule has 0 aliphatic carbocycles. The number of benzene rings is 1. The number of rotatable bonds is 2. The molecule has 0 saturated carbocycles. The van der Waals surface area contributed by atoms with Crippen molar-refractivity contribution >= 4 is 27.8 Å². The third-order valence-corrected chi connectivity index (χ3v) is 5.41. The highest BCUT2D eigenvalue weighted by atomic mass is 79.9. The highest BCUT2D eigenvalue weighted by Gasteiger charge is 2.46. The fraction of sp³-hybridized carbons (Fsp3) is 0.500. The summed E-state index contributed by atoms with van der Waals surface area (Å²) in [7, 11) is 0. The van der Waals surface area contributed by atoms with Crippen LogP contribution in [-0.4, -0.2) is 33.7 Å². The van der Waals surface area contributed by atoms with E-state index in [0.29, 0.717) is 6.42 Å². The molecule has 3 atom stereocenters. The second-order valence-electron chi connectivity index (χ2n) is 5.67. The fourth-order valence-corrected chi connectivity index (χ4v) is 3.94. The number of Topliss-reactive ketones (excluding diaryl/α,β-unsaturated/α-hetero) is 1. The van der Waals surface area contributed by atoms with E-state index in [0.717, 1.165) is 24.8 Å². The number of amides is 1. The number of fused-ring (bicyclic) bond motifs is 2. The average Bonchev–Trinajstić information content (AvgIpc) is 2.51. The Labute approximate surface area is 132 Å². The van der Waals surface area contributed by atoms with Gasteiger partial charge in [-0.25, -0.2) is 4.79 Å². The van der Waals surface area contributed by atoms with Crippen LogP contribution in [-0.2, 0) is 16.1 Å². The summed E-state index contributed by atoms with van der Waals surface area (Å²) in [6.07, 6.45) is 2.95. The lowest BCUT2D eigenvalue weighted by Crippen LogP contribution is -2.60. The molecule has 1 amide bonds. The lowest BCUT2D eigenvalue weighted by molar-refractivity contribution is -0.125. The molecule has 0 spiro atoms. The van der Waals surface area contributed by atoms with Gasteiger partial charge >= 0.3 is 6.09 Å². The van der Waals surface area contributed by atoms with E-state index >= 15 is 0 Å². The molecule has 5 heteroatoms. The number of ether oxygens (including phenoxy) is 1. The summed E-state index contributed by atoms with van der Waals surface area (Å²) in [5.41, 5.74) is 0.972. The average molecular weight is 352 g/mol. The number of halogens is 1. The van der Waals surface area contributed by atoms with Crippen molar-refractivity contribution in [3.05, 3.63) is 35.9 Å². The zero-order valence-corrected chi connectivity index (χ0v) is 13.3. The highest BCUT2D eigenvalue weighted by Crippen LogP contribution is 2.36. The molecule has 21 heavy (non-hydrogen) atoms. The SMILES string of the molecule is O=C1CC2CCCC(C1Br)N2C(=O)OCc1ccccc1. The molecule has 1 aromatic carbocycles. The molecule has 2 bridgehead atoms. The number of hydrogen-bond donors (Lipinski definition) is 0. The maximum Gasteiger partial charge on any atom is 0.410 e. The normalized spacial score (nSPS) is 28.3. The molecule has 0 radical (unpaired) electrons. The van der Waals surface area contributed by atoms with E-state index in [2.05, 4.69) is 15.9 Å². The maximum absolute atomic E-state index is 12.4. The van der Waals surface area contributed by atoms with E-state index in [1.54, 1.807) is 4.90 Å². The Morgan fingerprint density at radius 1 is 1.29 bits per heavy atom. The first kappa shape index (κ1) is 14.6. The van der Waals surface area contributed by atoms with Crippen LogP contribution in [0.3, 0.4) is 0 Å². The van der Waals surface area contributed by atoms with Crippen LogP contribution in [0.1, 0.15) is 31.2 Å². The number of carbonyl (C=O) groups is 2. The Morgan fingerprint density at radius 3 is 2.81 bits per heavy atom. The van der Waals surface area contributed by atoms with E-state index in [4.69, 9.17) is 4.74 Å². The lowest BCUT2D eigenvalue weighted by Gasteiger charge is -2.46. The highest BCUT2D eigenvalue weighted by molar-refractivity contribution is 9.10. The fourth-order valence-electron chi connectivity index (χ4n) is 3.24. The first-order valence-electron chi connectivity index (χ1n) is 7.32. The summed E-state index contributed by atoms with van der Waals surface area (Å²) in [5, 5.41) is 0. The van der Waals surface area contributed by atoms with Crippen molar-refractivity contribution in [3.8, 4) is 0 Å². The minimum absolute atomic E-state index is 0.00771. The number of carbonyl (C=O) groups excluding carboxylic acids is 2. The molecule has 3 unspecified atom stereocenters. The van der Waals surface area contributed by atoms with Crippen molar-refractivity contribution in [2.24, 2.45) is 0 Å². The molecule has 2 aliphatic rings. The second-order valence-corrected chi connectivity index (χ2v) is 6.66. The third-order valence-electron chi connectivity index (χ3n) is 4.29. The number of ketones is 1. The van der Waals surface area contributed by atoms with Crippen LogP contribution >= 0.6 is 15.9 Å². The molecule has 2 heterocycles. The summed E-state index contributed by atoms with van der Waals surface area (Å²) in [6.45, 7) is 0.274. The zero-order valence-electron chi connectivity index (χ0n) is 11.7. The predicted octanol–water partition coefficient (Wildman–Crippen LogP) is 3.28. The van der Waals surface area contributed by atoms with Gasteiger partial charge in [0.1, 0.15) is 6.61 Å². The zero-order chi connectivity index (χ0) is 14.8. The molecule has 112 valence electrons. The maximum atomic E-state index is 12.4. The molecule has 2 fully saturated rings. The predicted molar refractivity (Wildman–Crippen MR) is 82.2 cm³/mol. The first-order chi connectivity index (χ1) is 10.2. The van der Waals surface area contributed by atoms with Crippen LogP contribution in [0, 0.1) is 0 Å². The monoisotopic (exact) mass is 351 g/mol. The van der Waals surface area contributed by atoms with Crippen LogP contribution in [0.5, 0.6) is 0 Å². The Kier molecular flexibility index (Phi) is 4.29. The van der Waals surface area contributed by atoms with Crippen molar-refractivity contribution < 1.29 is 14.3 Å². The molecule has 0 N–H and O–H groups in total. The molecular formula is C16H18BrNO3. The van der Waals surface area contributed by atoms with E-state index in [-0.39, 0.29) is 35.4 Å². The number of alkyl halides is 1. The smallest absolute Gasteiger partial charge is 0.410 e. The van der Waals surface area contributed by atoms with Gasteiger partial charge in [0.15, 0.2) is 5.78 Å². The summed E-state index contributed by atoms with van der Waals surface area (Å²) >= 11 is 3.45. The van der Waals surface area contributed by atoms with Crippen LogP contribution in [0.2, 0.25) is 0 Å². The molecule has 2 aliphatic heterocycles. The van der Waals surface area contributed by atoms with E-state index in [1.807, 2.05) is 30.3 Å². The number of piperidine rings is 2. The Balaban J connectivity index is 1.67. The Hall–Kier alpha value is -1.36.